The first-order chi connectivity index (χ1) is 11.5. The van der Waals surface area contributed by atoms with Crippen molar-refractivity contribution in [2.45, 2.75) is 6.54 Å². The van der Waals surface area contributed by atoms with E-state index in [1.54, 1.807) is 31.3 Å². The topological polar surface area (TPSA) is 38.8 Å². The smallest absolute Gasteiger partial charge is 0.246 e. The van der Waals surface area contributed by atoms with Gasteiger partial charge in [-0.3, -0.25) is 4.79 Å². The van der Waals surface area contributed by atoms with Gasteiger partial charge in [-0.2, -0.15) is 0 Å². The van der Waals surface area contributed by atoms with E-state index in [4.69, 9.17) is 9.47 Å². The molecule has 2 aromatic carbocycles. The van der Waals surface area contributed by atoms with E-state index in [-0.39, 0.29) is 24.8 Å². The number of carbonyl (C=O) groups excluding carboxylic acids is 1. The minimum atomic E-state index is -0.672. The van der Waals surface area contributed by atoms with Crippen molar-refractivity contribution in [3.8, 4) is 11.5 Å². The van der Waals surface area contributed by atoms with Crippen molar-refractivity contribution in [3.63, 3.8) is 0 Å². The SMILES string of the molecule is CN(Cc1ccc(F)cc1F)C(=O)/C=C/c1ccc2c(c1)OCO2. The Balaban J connectivity index is 1.65. The van der Waals surface area contributed by atoms with Crippen LogP contribution in [0.25, 0.3) is 6.08 Å². The summed E-state index contributed by atoms with van der Waals surface area (Å²) < 4.78 is 37.0. The molecule has 4 nitrogen and oxygen atoms in total. The molecule has 124 valence electrons. The molecular weight excluding hydrogens is 316 g/mol. The van der Waals surface area contributed by atoms with Crippen molar-refractivity contribution >= 4 is 12.0 Å². The highest BCUT2D eigenvalue weighted by Crippen LogP contribution is 2.32. The van der Waals surface area contributed by atoms with E-state index < -0.39 is 11.6 Å². The molecule has 6 heteroatoms. The average molecular weight is 331 g/mol. The molecule has 1 aliphatic rings. The summed E-state index contributed by atoms with van der Waals surface area (Å²) in [7, 11) is 1.55. The molecule has 0 fully saturated rings. The molecule has 0 bridgehead atoms. The van der Waals surface area contributed by atoms with Gasteiger partial charge >= 0.3 is 0 Å². The van der Waals surface area contributed by atoms with Gasteiger partial charge in [0.25, 0.3) is 0 Å². The lowest BCUT2D eigenvalue weighted by atomic mass is 10.1. The van der Waals surface area contributed by atoms with E-state index >= 15 is 0 Å². The molecule has 0 aromatic heterocycles. The summed E-state index contributed by atoms with van der Waals surface area (Å²) in [5.74, 6) is -0.313. The van der Waals surface area contributed by atoms with E-state index in [2.05, 4.69) is 0 Å². The number of fused-ring (bicyclic) bond motifs is 1. The maximum absolute atomic E-state index is 13.6. The quantitative estimate of drug-likeness (QED) is 0.807. The third kappa shape index (κ3) is 3.53. The molecule has 1 amide bonds. The normalized spacial score (nSPS) is 12.6. The summed E-state index contributed by atoms with van der Waals surface area (Å²) in [6, 6.07) is 8.64. The second kappa shape index (κ2) is 6.70. The van der Waals surface area contributed by atoms with Gasteiger partial charge in [-0.15, -0.1) is 0 Å². The van der Waals surface area contributed by atoms with E-state index in [9.17, 15) is 13.6 Å². The van der Waals surface area contributed by atoms with Gasteiger partial charge in [0.05, 0.1) is 0 Å². The van der Waals surface area contributed by atoms with Crippen molar-refractivity contribution in [2.75, 3.05) is 13.8 Å². The molecule has 0 atom stereocenters. The fourth-order valence-electron chi connectivity index (χ4n) is 2.29. The van der Waals surface area contributed by atoms with Crippen molar-refractivity contribution in [1.29, 1.82) is 0 Å². The molecule has 0 saturated heterocycles. The van der Waals surface area contributed by atoms with E-state index in [0.29, 0.717) is 11.5 Å². The predicted molar refractivity (Wildman–Crippen MR) is 84.4 cm³/mol. The zero-order valence-electron chi connectivity index (χ0n) is 13.0. The third-order valence-corrected chi connectivity index (χ3v) is 3.61. The standard InChI is InChI=1S/C18H15F2NO3/c1-21(10-13-4-5-14(19)9-15(13)20)18(22)7-3-12-2-6-16-17(8-12)24-11-23-16/h2-9H,10-11H2,1H3/b7-3+. The average Bonchev–Trinajstić information content (AvgIpc) is 3.02. The molecule has 24 heavy (non-hydrogen) atoms. The molecular formula is C18H15F2NO3. The third-order valence-electron chi connectivity index (χ3n) is 3.61. The Hall–Kier alpha value is -2.89. The Morgan fingerprint density at radius 2 is 1.96 bits per heavy atom. The lowest BCUT2D eigenvalue weighted by Gasteiger charge is -2.15. The number of carbonyl (C=O) groups is 1. The molecule has 0 spiro atoms. The molecule has 2 aromatic rings. The molecule has 1 heterocycles. The molecule has 0 aliphatic carbocycles. The van der Waals surface area contributed by atoms with Crippen molar-refractivity contribution in [3.05, 3.63) is 65.2 Å². The number of hydrogen-bond donors (Lipinski definition) is 0. The number of amides is 1. The van der Waals surface area contributed by atoms with Crippen LogP contribution in [-0.2, 0) is 11.3 Å². The largest absolute Gasteiger partial charge is 0.454 e. The Morgan fingerprint density at radius 3 is 2.75 bits per heavy atom. The van der Waals surface area contributed by atoms with E-state index in [0.717, 1.165) is 11.6 Å². The van der Waals surface area contributed by atoms with Gasteiger partial charge in [-0.05, 0) is 29.8 Å². The molecule has 0 radical (unpaired) electrons. The fraction of sp³-hybridized carbons (Fsp3) is 0.167. The van der Waals surface area contributed by atoms with Crippen LogP contribution in [0, 0.1) is 11.6 Å². The minimum Gasteiger partial charge on any atom is -0.454 e. The Morgan fingerprint density at radius 1 is 1.17 bits per heavy atom. The number of benzene rings is 2. The summed E-state index contributed by atoms with van der Waals surface area (Å²) >= 11 is 0. The van der Waals surface area contributed by atoms with Crippen LogP contribution < -0.4 is 9.47 Å². The first-order valence-electron chi connectivity index (χ1n) is 7.30. The van der Waals surface area contributed by atoms with Crippen molar-refractivity contribution in [1.82, 2.24) is 4.90 Å². The molecule has 0 N–H and O–H groups in total. The van der Waals surface area contributed by atoms with Crippen molar-refractivity contribution in [2.24, 2.45) is 0 Å². The van der Waals surface area contributed by atoms with Gasteiger partial charge in [0.15, 0.2) is 11.5 Å². The van der Waals surface area contributed by atoms with Gasteiger partial charge in [-0.1, -0.05) is 12.1 Å². The van der Waals surface area contributed by atoms with Gasteiger partial charge < -0.3 is 14.4 Å². The summed E-state index contributed by atoms with van der Waals surface area (Å²) in [6.45, 7) is 0.240. The first-order valence-corrected chi connectivity index (χ1v) is 7.30. The Labute approximate surface area is 137 Å². The van der Waals surface area contributed by atoms with Crippen LogP contribution >= 0.6 is 0 Å². The predicted octanol–water partition coefficient (Wildman–Crippen LogP) is 3.37. The van der Waals surface area contributed by atoms with Crippen LogP contribution in [0.15, 0.2) is 42.5 Å². The fourth-order valence-corrected chi connectivity index (χ4v) is 2.29. The highest BCUT2D eigenvalue weighted by atomic mass is 19.1. The first kappa shape index (κ1) is 16.0. The zero-order valence-corrected chi connectivity index (χ0v) is 13.0. The molecule has 1 aliphatic heterocycles. The van der Waals surface area contributed by atoms with Crippen LogP contribution in [0.1, 0.15) is 11.1 Å². The number of rotatable bonds is 4. The highest BCUT2D eigenvalue weighted by molar-refractivity contribution is 5.91. The summed E-state index contributed by atoms with van der Waals surface area (Å²) in [5, 5.41) is 0. The summed E-state index contributed by atoms with van der Waals surface area (Å²) in [6.07, 6.45) is 3.03. The maximum Gasteiger partial charge on any atom is 0.246 e. The van der Waals surface area contributed by atoms with Gasteiger partial charge in [0.1, 0.15) is 11.6 Å². The van der Waals surface area contributed by atoms with Gasteiger partial charge in [0.2, 0.25) is 12.7 Å². The Bertz CT molecular complexity index is 805. The minimum absolute atomic E-state index is 0.0520. The summed E-state index contributed by atoms with van der Waals surface area (Å²) in [4.78, 5) is 13.5. The number of nitrogens with zero attached hydrogens (tertiary/aromatic N) is 1. The van der Waals surface area contributed by atoms with Crippen LogP contribution in [0.2, 0.25) is 0 Å². The molecule has 3 rings (SSSR count). The lowest BCUT2D eigenvalue weighted by Crippen LogP contribution is -2.24. The number of halogens is 2. The van der Waals surface area contributed by atoms with E-state index in [1.165, 1.54) is 23.1 Å². The lowest BCUT2D eigenvalue weighted by molar-refractivity contribution is -0.125. The van der Waals surface area contributed by atoms with Gasteiger partial charge in [-0.25, -0.2) is 8.78 Å². The number of ether oxygens (including phenoxy) is 2. The highest BCUT2D eigenvalue weighted by Gasteiger charge is 2.13. The second-order valence-corrected chi connectivity index (χ2v) is 5.38. The van der Waals surface area contributed by atoms with Crippen LogP contribution in [0.3, 0.4) is 0 Å². The monoisotopic (exact) mass is 331 g/mol. The van der Waals surface area contributed by atoms with Crippen LogP contribution in [0.4, 0.5) is 8.78 Å². The van der Waals surface area contributed by atoms with Crippen LogP contribution in [-0.4, -0.2) is 24.6 Å². The maximum atomic E-state index is 13.6. The zero-order chi connectivity index (χ0) is 17.1. The second-order valence-electron chi connectivity index (χ2n) is 5.38. The Kier molecular flexibility index (Phi) is 4.46. The van der Waals surface area contributed by atoms with E-state index in [1.807, 2.05) is 0 Å². The van der Waals surface area contributed by atoms with Gasteiger partial charge in [0, 0.05) is 31.3 Å². The molecule has 0 unspecified atom stereocenters. The number of likely N-dealkylation sites (N-methyl/N-ethyl adjacent to an activating group) is 1. The summed E-state index contributed by atoms with van der Waals surface area (Å²) in [5.41, 5.74) is 1.04. The number of hydrogen-bond acceptors (Lipinski definition) is 3. The van der Waals surface area contributed by atoms with Crippen molar-refractivity contribution < 1.29 is 23.0 Å². The van der Waals surface area contributed by atoms with Crippen LogP contribution in [0.5, 0.6) is 11.5 Å². The molecule has 0 saturated carbocycles.